The second-order valence-electron chi connectivity index (χ2n) is 7.59. The van der Waals surface area contributed by atoms with E-state index in [0.29, 0.717) is 5.56 Å². The van der Waals surface area contributed by atoms with Gasteiger partial charge in [-0.2, -0.15) is 11.3 Å². The van der Waals surface area contributed by atoms with Crippen molar-refractivity contribution in [3.05, 3.63) is 22.4 Å². The van der Waals surface area contributed by atoms with E-state index < -0.39 is 32.5 Å². The van der Waals surface area contributed by atoms with Crippen LogP contribution < -0.4 is 5.32 Å². The standard InChI is InChI=1S/C19H33NO5SSi/c1-8-24-19(23)20-16(15-9-10-26-11-15)17(18(21)22)25-27(12(2)3,13(4)5)14(6)7/h9-14,16-17H,8H2,1-7H3,(H,20,23)(H,21,22)/t16-,17+/m0/s1. The number of carboxylic acids is 1. The molecular weight excluding hydrogens is 382 g/mol. The van der Waals surface area contributed by atoms with Crippen molar-refractivity contribution in [3.63, 3.8) is 0 Å². The molecule has 2 atom stereocenters. The average molecular weight is 416 g/mol. The summed E-state index contributed by atoms with van der Waals surface area (Å²) in [6, 6.07) is 1.00. The Bertz CT molecular complexity index is 581. The summed E-state index contributed by atoms with van der Waals surface area (Å²) in [5.41, 5.74) is 1.39. The van der Waals surface area contributed by atoms with Gasteiger partial charge in [-0.05, 0) is 45.9 Å². The molecule has 0 saturated heterocycles. The van der Waals surface area contributed by atoms with Crippen molar-refractivity contribution < 1.29 is 23.9 Å². The number of amides is 1. The molecule has 154 valence electrons. The third-order valence-electron chi connectivity index (χ3n) is 5.04. The zero-order valence-corrected chi connectivity index (χ0v) is 19.1. The molecule has 0 aliphatic heterocycles. The zero-order chi connectivity index (χ0) is 20.8. The molecular formula is C19H33NO5SSi. The van der Waals surface area contributed by atoms with Gasteiger partial charge in [-0.1, -0.05) is 41.5 Å². The molecule has 6 nitrogen and oxygen atoms in total. The van der Waals surface area contributed by atoms with E-state index in [-0.39, 0.29) is 23.2 Å². The number of carbonyl (C=O) groups is 2. The van der Waals surface area contributed by atoms with Crippen LogP contribution in [0.25, 0.3) is 0 Å². The molecule has 1 rings (SSSR count). The molecule has 0 saturated carbocycles. The molecule has 0 unspecified atom stereocenters. The highest BCUT2D eigenvalue weighted by molar-refractivity contribution is 7.08. The number of aliphatic carboxylic acids is 1. The number of hydrogen-bond donors (Lipinski definition) is 2. The molecule has 0 aliphatic rings. The number of rotatable bonds is 10. The fraction of sp³-hybridized carbons (Fsp3) is 0.684. The molecule has 27 heavy (non-hydrogen) atoms. The fourth-order valence-electron chi connectivity index (χ4n) is 3.97. The Balaban J connectivity index is 3.35. The van der Waals surface area contributed by atoms with Gasteiger partial charge in [0, 0.05) is 0 Å². The Morgan fingerprint density at radius 3 is 2.07 bits per heavy atom. The van der Waals surface area contributed by atoms with Crippen molar-refractivity contribution in [2.45, 2.75) is 77.2 Å². The number of ether oxygens (including phenoxy) is 1. The first-order valence-corrected chi connectivity index (χ1v) is 12.5. The van der Waals surface area contributed by atoms with E-state index in [1.165, 1.54) is 11.3 Å². The van der Waals surface area contributed by atoms with Crippen LogP contribution in [0.4, 0.5) is 4.79 Å². The van der Waals surface area contributed by atoms with E-state index in [1.54, 1.807) is 6.92 Å². The minimum Gasteiger partial charge on any atom is -0.479 e. The van der Waals surface area contributed by atoms with Crippen LogP contribution in [0.1, 0.15) is 60.1 Å². The Labute approximate surface area is 167 Å². The minimum atomic E-state index is -2.47. The van der Waals surface area contributed by atoms with E-state index in [2.05, 4.69) is 46.9 Å². The Hall–Kier alpha value is -1.38. The van der Waals surface area contributed by atoms with Crippen LogP contribution >= 0.6 is 11.3 Å². The van der Waals surface area contributed by atoms with Crippen LogP contribution in [-0.2, 0) is 14.0 Å². The maximum absolute atomic E-state index is 12.2. The predicted octanol–water partition coefficient (Wildman–Crippen LogP) is 5.18. The molecule has 2 N–H and O–H groups in total. The van der Waals surface area contributed by atoms with Gasteiger partial charge in [-0.15, -0.1) is 0 Å². The van der Waals surface area contributed by atoms with Crippen molar-refractivity contribution in [3.8, 4) is 0 Å². The van der Waals surface area contributed by atoms with Gasteiger partial charge >= 0.3 is 12.1 Å². The lowest BCUT2D eigenvalue weighted by Gasteiger charge is -2.45. The summed E-state index contributed by atoms with van der Waals surface area (Å²) in [7, 11) is -2.47. The highest BCUT2D eigenvalue weighted by atomic mass is 32.1. The summed E-state index contributed by atoms with van der Waals surface area (Å²) < 4.78 is 11.5. The van der Waals surface area contributed by atoms with Gasteiger partial charge < -0.3 is 19.6 Å². The van der Waals surface area contributed by atoms with Gasteiger partial charge in [0.2, 0.25) is 8.32 Å². The highest BCUT2D eigenvalue weighted by Crippen LogP contribution is 2.44. The fourth-order valence-corrected chi connectivity index (χ4v) is 10.2. The third-order valence-corrected chi connectivity index (χ3v) is 11.8. The Morgan fingerprint density at radius 1 is 1.15 bits per heavy atom. The topological polar surface area (TPSA) is 84.9 Å². The number of thiophene rings is 1. The number of carbonyl (C=O) groups excluding carboxylic acids is 1. The molecule has 0 radical (unpaired) electrons. The molecule has 1 aromatic rings. The molecule has 1 amide bonds. The van der Waals surface area contributed by atoms with Gasteiger partial charge in [0.1, 0.15) is 0 Å². The van der Waals surface area contributed by atoms with E-state index in [9.17, 15) is 14.7 Å². The van der Waals surface area contributed by atoms with Crippen LogP contribution in [0.2, 0.25) is 16.6 Å². The maximum Gasteiger partial charge on any atom is 0.407 e. The second kappa shape index (κ2) is 10.2. The van der Waals surface area contributed by atoms with Gasteiger partial charge in [0.05, 0.1) is 12.6 Å². The van der Waals surface area contributed by atoms with Crippen LogP contribution in [0.15, 0.2) is 16.8 Å². The molecule has 0 bridgehead atoms. The van der Waals surface area contributed by atoms with Gasteiger partial charge in [0.25, 0.3) is 0 Å². The maximum atomic E-state index is 12.2. The summed E-state index contributed by atoms with van der Waals surface area (Å²) in [5.74, 6) is -1.08. The van der Waals surface area contributed by atoms with Gasteiger partial charge in [0.15, 0.2) is 6.10 Å². The number of nitrogens with one attached hydrogen (secondary N) is 1. The van der Waals surface area contributed by atoms with Crippen molar-refractivity contribution in [1.82, 2.24) is 5.32 Å². The van der Waals surface area contributed by atoms with E-state index in [0.717, 1.165) is 0 Å². The number of carboxylic acid groups (broad SMARTS) is 1. The zero-order valence-electron chi connectivity index (χ0n) is 17.3. The molecule has 0 aromatic carbocycles. The number of hydrogen-bond acceptors (Lipinski definition) is 5. The molecule has 1 heterocycles. The van der Waals surface area contributed by atoms with Crippen molar-refractivity contribution in [2.24, 2.45) is 0 Å². The first kappa shape index (κ1) is 23.7. The number of alkyl carbamates (subject to hydrolysis) is 1. The summed E-state index contributed by atoms with van der Waals surface area (Å²) in [5, 5.41) is 16.4. The predicted molar refractivity (Wildman–Crippen MR) is 111 cm³/mol. The van der Waals surface area contributed by atoms with Crippen LogP contribution in [0, 0.1) is 0 Å². The average Bonchev–Trinajstić information content (AvgIpc) is 3.07. The van der Waals surface area contributed by atoms with Crippen molar-refractivity contribution in [2.75, 3.05) is 6.61 Å². The van der Waals surface area contributed by atoms with Crippen LogP contribution in [0.3, 0.4) is 0 Å². The Morgan fingerprint density at radius 2 is 1.70 bits per heavy atom. The lowest BCUT2D eigenvalue weighted by molar-refractivity contribution is -0.147. The van der Waals surface area contributed by atoms with Crippen LogP contribution in [-0.4, -0.2) is 38.2 Å². The second-order valence-corrected chi connectivity index (χ2v) is 13.8. The van der Waals surface area contributed by atoms with Crippen molar-refractivity contribution in [1.29, 1.82) is 0 Å². The van der Waals surface area contributed by atoms with Gasteiger partial charge in [-0.3, -0.25) is 0 Å². The third kappa shape index (κ3) is 5.55. The van der Waals surface area contributed by atoms with E-state index in [1.807, 2.05) is 16.8 Å². The summed E-state index contributed by atoms with van der Waals surface area (Å²) >= 11 is 1.45. The highest BCUT2D eigenvalue weighted by Gasteiger charge is 2.49. The summed E-state index contributed by atoms with van der Waals surface area (Å²) in [6.45, 7) is 14.5. The summed E-state index contributed by atoms with van der Waals surface area (Å²) in [6.07, 6.45) is -1.82. The van der Waals surface area contributed by atoms with E-state index >= 15 is 0 Å². The molecule has 0 aliphatic carbocycles. The molecule has 1 aromatic heterocycles. The molecule has 0 spiro atoms. The Kier molecular flexibility index (Phi) is 8.97. The first-order valence-electron chi connectivity index (χ1n) is 9.43. The largest absolute Gasteiger partial charge is 0.479 e. The SMILES string of the molecule is CCOC(=O)N[C@@H](c1ccsc1)[C@@H](O[Si](C(C)C)(C(C)C)C(C)C)C(=O)O. The quantitative estimate of drug-likeness (QED) is 0.514. The lowest BCUT2D eigenvalue weighted by atomic mass is 10.1. The first-order chi connectivity index (χ1) is 12.6. The molecule has 8 heteroatoms. The normalized spacial score (nSPS) is 14.4. The lowest BCUT2D eigenvalue weighted by Crippen LogP contribution is -2.54. The van der Waals surface area contributed by atoms with Crippen molar-refractivity contribution >= 4 is 31.7 Å². The molecule has 0 fully saturated rings. The van der Waals surface area contributed by atoms with E-state index in [4.69, 9.17) is 9.16 Å². The smallest absolute Gasteiger partial charge is 0.407 e. The van der Waals surface area contributed by atoms with Gasteiger partial charge in [-0.25, -0.2) is 9.59 Å². The summed E-state index contributed by atoms with van der Waals surface area (Å²) in [4.78, 5) is 24.3. The minimum absolute atomic E-state index is 0.212. The monoisotopic (exact) mass is 415 g/mol. The van der Waals surface area contributed by atoms with Crippen LogP contribution in [0.5, 0.6) is 0 Å².